The van der Waals surface area contributed by atoms with E-state index in [0.29, 0.717) is 17.2 Å². The van der Waals surface area contributed by atoms with E-state index in [0.717, 1.165) is 17.0 Å². The number of aromatic nitrogens is 4. The number of nitrogens with zero attached hydrogens (tertiary/aromatic N) is 5. The van der Waals surface area contributed by atoms with Crippen molar-refractivity contribution in [1.29, 1.82) is 0 Å². The molecule has 0 saturated heterocycles. The summed E-state index contributed by atoms with van der Waals surface area (Å²) in [5.41, 5.74) is 2.36. The molecule has 0 aliphatic heterocycles. The van der Waals surface area contributed by atoms with E-state index in [2.05, 4.69) is 10.1 Å². The van der Waals surface area contributed by atoms with E-state index in [4.69, 9.17) is 4.74 Å². The zero-order valence-electron chi connectivity index (χ0n) is 16.9. The molecule has 1 amide bonds. The van der Waals surface area contributed by atoms with Crippen LogP contribution in [0.2, 0.25) is 0 Å². The van der Waals surface area contributed by atoms with E-state index < -0.39 is 5.69 Å². The summed E-state index contributed by atoms with van der Waals surface area (Å²) < 4.78 is 7.76. The van der Waals surface area contributed by atoms with E-state index in [1.807, 2.05) is 54.6 Å². The smallest absolute Gasteiger partial charge is 0.352 e. The van der Waals surface area contributed by atoms with E-state index >= 15 is 0 Å². The monoisotopic (exact) mass is 403 g/mol. The number of para-hydroxylation sites is 1. The maximum Gasteiger partial charge on any atom is 0.352 e. The summed E-state index contributed by atoms with van der Waals surface area (Å²) in [6, 6.07) is 18.5. The second-order valence-corrected chi connectivity index (χ2v) is 6.84. The fourth-order valence-electron chi connectivity index (χ4n) is 3.24. The van der Waals surface area contributed by atoms with Crippen molar-refractivity contribution in [3.05, 3.63) is 77.0 Å². The highest BCUT2D eigenvalue weighted by atomic mass is 16.5. The maximum atomic E-state index is 12.8. The number of ether oxygens (including phenoxy) is 1. The highest BCUT2D eigenvalue weighted by molar-refractivity contribution is 5.92. The van der Waals surface area contributed by atoms with Crippen molar-refractivity contribution in [2.75, 3.05) is 19.1 Å². The minimum Gasteiger partial charge on any atom is -0.497 e. The van der Waals surface area contributed by atoms with Crippen molar-refractivity contribution in [2.24, 2.45) is 0 Å². The number of methoxy groups -OCH3 is 1. The van der Waals surface area contributed by atoms with Gasteiger partial charge in [-0.3, -0.25) is 4.79 Å². The van der Waals surface area contributed by atoms with Crippen LogP contribution >= 0.6 is 0 Å². The minimum absolute atomic E-state index is 0.163. The van der Waals surface area contributed by atoms with Gasteiger partial charge in [0.25, 0.3) is 0 Å². The molecule has 30 heavy (non-hydrogen) atoms. The number of carbonyl (C=O) groups is 1. The number of rotatable bonds is 5. The quantitative estimate of drug-likeness (QED) is 0.512. The molecular formula is C22H21N5O3. The molecule has 0 unspecified atom stereocenters. The molecule has 8 nitrogen and oxygen atoms in total. The zero-order chi connectivity index (χ0) is 21.3. The van der Waals surface area contributed by atoms with Crippen LogP contribution < -0.4 is 15.3 Å². The molecule has 2 heterocycles. The topological polar surface area (TPSA) is 81.7 Å². The van der Waals surface area contributed by atoms with Crippen LogP contribution in [0.25, 0.3) is 16.9 Å². The Morgan fingerprint density at radius 1 is 1.10 bits per heavy atom. The molecule has 0 saturated carbocycles. The van der Waals surface area contributed by atoms with Gasteiger partial charge >= 0.3 is 5.69 Å². The molecule has 0 fully saturated rings. The van der Waals surface area contributed by atoms with Gasteiger partial charge in [0, 0.05) is 24.4 Å². The molecule has 0 aliphatic carbocycles. The van der Waals surface area contributed by atoms with Crippen LogP contribution in [0.1, 0.15) is 5.82 Å². The average Bonchev–Trinajstić information content (AvgIpc) is 3.09. The third-order valence-corrected chi connectivity index (χ3v) is 4.92. The predicted octanol–water partition coefficient (Wildman–Crippen LogP) is 2.54. The highest BCUT2D eigenvalue weighted by Crippen LogP contribution is 2.22. The molecule has 0 N–H and O–H groups in total. The largest absolute Gasteiger partial charge is 0.497 e. The van der Waals surface area contributed by atoms with Crippen LogP contribution in [0, 0.1) is 6.92 Å². The molecule has 4 rings (SSSR count). The Morgan fingerprint density at radius 2 is 1.80 bits per heavy atom. The Balaban J connectivity index is 1.67. The molecule has 152 valence electrons. The summed E-state index contributed by atoms with van der Waals surface area (Å²) in [7, 11) is 3.28. The summed E-state index contributed by atoms with van der Waals surface area (Å²) in [6.45, 7) is 1.58. The van der Waals surface area contributed by atoms with Crippen molar-refractivity contribution < 1.29 is 9.53 Å². The SMILES string of the molecule is COc1ccc(-c2cc3nn(CC(=O)N(C)c4ccccc4)c(=O)n3c(C)n2)cc1. The van der Waals surface area contributed by atoms with Gasteiger partial charge in [-0.2, -0.15) is 0 Å². The number of aryl methyl sites for hydroxylation is 1. The van der Waals surface area contributed by atoms with E-state index in [9.17, 15) is 9.59 Å². The van der Waals surface area contributed by atoms with Crippen molar-refractivity contribution in [1.82, 2.24) is 19.2 Å². The lowest BCUT2D eigenvalue weighted by Crippen LogP contribution is -2.34. The second kappa shape index (κ2) is 7.82. The molecule has 4 aromatic rings. The number of anilines is 1. The van der Waals surface area contributed by atoms with Crippen molar-refractivity contribution >= 4 is 17.2 Å². The van der Waals surface area contributed by atoms with E-state index in [-0.39, 0.29) is 12.5 Å². The first kappa shape index (κ1) is 19.4. The number of hydrogen-bond donors (Lipinski definition) is 0. The van der Waals surface area contributed by atoms with Gasteiger partial charge in [0.1, 0.15) is 18.1 Å². The highest BCUT2D eigenvalue weighted by Gasteiger charge is 2.17. The van der Waals surface area contributed by atoms with E-state index in [1.54, 1.807) is 27.1 Å². The van der Waals surface area contributed by atoms with Crippen LogP contribution in [-0.2, 0) is 11.3 Å². The Bertz CT molecular complexity index is 1260. The first-order valence-corrected chi connectivity index (χ1v) is 9.41. The number of carbonyl (C=O) groups excluding carboxylic acids is 1. The molecule has 0 atom stereocenters. The normalized spacial score (nSPS) is 10.9. The van der Waals surface area contributed by atoms with Gasteiger partial charge in [-0.25, -0.2) is 18.9 Å². The number of fused-ring (bicyclic) bond motifs is 1. The summed E-state index contributed by atoms with van der Waals surface area (Å²) in [5, 5.41) is 4.36. The molecule has 0 radical (unpaired) electrons. The van der Waals surface area contributed by atoms with Crippen LogP contribution in [0.15, 0.2) is 65.5 Å². The summed E-state index contributed by atoms with van der Waals surface area (Å²) in [5.74, 6) is 1.00. The third kappa shape index (κ3) is 3.55. The standard InChI is InChI=1S/C22H21N5O3/c1-15-23-19(16-9-11-18(30-3)12-10-16)13-20-24-26(22(29)27(15)20)14-21(28)25(2)17-7-5-4-6-8-17/h4-13H,14H2,1-3H3. The zero-order valence-corrected chi connectivity index (χ0v) is 16.9. The maximum absolute atomic E-state index is 12.8. The molecular weight excluding hydrogens is 382 g/mol. The van der Waals surface area contributed by atoms with Crippen LogP contribution in [0.3, 0.4) is 0 Å². The number of amides is 1. The molecule has 2 aromatic carbocycles. The molecule has 0 aliphatic rings. The van der Waals surface area contributed by atoms with Gasteiger partial charge in [-0.05, 0) is 43.3 Å². The predicted molar refractivity (Wildman–Crippen MR) is 114 cm³/mol. The van der Waals surface area contributed by atoms with Crippen LogP contribution in [-0.4, -0.2) is 39.2 Å². The van der Waals surface area contributed by atoms with Gasteiger partial charge in [0.05, 0.1) is 12.8 Å². The van der Waals surface area contributed by atoms with Crippen molar-refractivity contribution in [2.45, 2.75) is 13.5 Å². The second-order valence-electron chi connectivity index (χ2n) is 6.84. The van der Waals surface area contributed by atoms with E-state index in [1.165, 1.54) is 14.0 Å². The number of likely N-dealkylation sites (N-methyl/N-ethyl adjacent to an activating group) is 1. The Hall–Kier alpha value is -3.94. The van der Waals surface area contributed by atoms with Crippen molar-refractivity contribution in [3.63, 3.8) is 0 Å². The summed E-state index contributed by atoms with van der Waals surface area (Å²) in [6.07, 6.45) is 0. The van der Waals surface area contributed by atoms with Crippen LogP contribution in [0.4, 0.5) is 5.69 Å². The lowest BCUT2D eigenvalue weighted by Gasteiger charge is -2.16. The van der Waals surface area contributed by atoms with Gasteiger partial charge in [-0.1, -0.05) is 18.2 Å². The first-order valence-electron chi connectivity index (χ1n) is 9.41. The Kier molecular flexibility index (Phi) is 5.05. The Morgan fingerprint density at radius 3 is 2.47 bits per heavy atom. The number of hydrogen-bond acceptors (Lipinski definition) is 5. The average molecular weight is 403 g/mol. The summed E-state index contributed by atoms with van der Waals surface area (Å²) >= 11 is 0. The molecule has 8 heteroatoms. The minimum atomic E-state index is -0.397. The van der Waals surface area contributed by atoms with Crippen LogP contribution in [0.5, 0.6) is 5.75 Å². The molecule has 0 spiro atoms. The fraction of sp³-hybridized carbons (Fsp3) is 0.182. The number of benzene rings is 2. The lowest BCUT2D eigenvalue weighted by molar-refractivity contribution is -0.119. The first-order chi connectivity index (χ1) is 14.5. The van der Waals surface area contributed by atoms with Gasteiger partial charge in [0.15, 0.2) is 5.65 Å². The lowest BCUT2D eigenvalue weighted by atomic mass is 10.1. The van der Waals surface area contributed by atoms with Gasteiger partial charge < -0.3 is 9.64 Å². The summed E-state index contributed by atoms with van der Waals surface area (Å²) in [4.78, 5) is 31.5. The van der Waals surface area contributed by atoms with Gasteiger partial charge in [0.2, 0.25) is 5.91 Å². The van der Waals surface area contributed by atoms with Crippen molar-refractivity contribution in [3.8, 4) is 17.0 Å². The van der Waals surface area contributed by atoms with Gasteiger partial charge in [-0.15, -0.1) is 5.10 Å². The Labute approximate surface area is 173 Å². The molecule has 0 bridgehead atoms. The fourth-order valence-corrected chi connectivity index (χ4v) is 3.24. The third-order valence-electron chi connectivity index (χ3n) is 4.92. The molecule has 2 aromatic heterocycles.